The first-order valence-electron chi connectivity index (χ1n) is 7.00. The van der Waals surface area contributed by atoms with Crippen LogP contribution in [0.5, 0.6) is 0 Å². The van der Waals surface area contributed by atoms with Crippen molar-refractivity contribution in [2.45, 2.75) is 44.3 Å². The molecule has 7 nitrogen and oxygen atoms in total. The summed E-state index contributed by atoms with van der Waals surface area (Å²) in [5.74, 6) is 0.354. The van der Waals surface area contributed by atoms with E-state index in [2.05, 4.69) is 15.4 Å². The zero-order valence-electron chi connectivity index (χ0n) is 11.4. The molecular formula is C13H16ClN5O2. The van der Waals surface area contributed by atoms with E-state index >= 15 is 0 Å². The Balaban J connectivity index is 1.84. The van der Waals surface area contributed by atoms with E-state index in [9.17, 15) is 10.1 Å². The Morgan fingerprint density at radius 2 is 2.29 bits per heavy atom. The fraction of sp³-hybridized carbons (Fsp3) is 0.538. The van der Waals surface area contributed by atoms with Gasteiger partial charge in [-0.05, 0) is 24.5 Å². The number of hydrogen-bond donors (Lipinski definition) is 1. The van der Waals surface area contributed by atoms with E-state index in [0.29, 0.717) is 17.7 Å². The minimum atomic E-state index is -0.646. The molecule has 8 heteroatoms. The Bertz CT molecular complexity index is 562. The third-order valence-corrected chi connectivity index (χ3v) is 4.26. The Morgan fingerprint density at radius 3 is 3.00 bits per heavy atom. The predicted octanol–water partition coefficient (Wildman–Crippen LogP) is 2.00. The van der Waals surface area contributed by atoms with Gasteiger partial charge < -0.3 is 10.2 Å². The summed E-state index contributed by atoms with van der Waals surface area (Å²) in [5, 5.41) is 17.2. The highest BCUT2D eigenvalue weighted by Crippen LogP contribution is 2.29. The van der Waals surface area contributed by atoms with Crippen LogP contribution in [0.3, 0.4) is 0 Å². The Kier molecular flexibility index (Phi) is 3.92. The molecular weight excluding hydrogens is 294 g/mol. The molecule has 0 aromatic carbocycles. The first-order valence-corrected chi connectivity index (χ1v) is 7.38. The summed E-state index contributed by atoms with van der Waals surface area (Å²) in [6.07, 6.45) is 6.04. The Labute approximate surface area is 127 Å². The fourth-order valence-electron chi connectivity index (χ4n) is 3.11. The molecule has 112 valence electrons. The lowest BCUT2D eigenvalue weighted by atomic mass is 9.91. The highest BCUT2D eigenvalue weighted by molar-refractivity contribution is 6.29. The van der Waals surface area contributed by atoms with Gasteiger partial charge in [-0.1, -0.05) is 30.5 Å². The first kappa shape index (κ1) is 14.1. The second-order valence-corrected chi connectivity index (χ2v) is 5.77. The van der Waals surface area contributed by atoms with Gasteiger partial charge in [0.2, 0.25) is 0 Å². The number of nitro groups is 1. The standard InChI is InChI=1S/C13H16ClN5O2/c14-12-6-5-9(7-15-12)8-18-11-4-2-1-3-10(11)16-13(18)17-19(20)21/h5-7,10-11H,1-4,8H2,(H,16,17)/t10-,11-/m0/s1. The lowest BCUT2D eigenvalue weighted by molar-refractivity contribution is -0.485. The number of aromatic nitrogens is 1. The molecule has 2 fully saturated rings. The lowest BCUT2D eigenvalue weighted by Gasteiger charge is -2.30. The van der Waals surface area contributed by atoms with E-state index in [4.69, 9.17) is 11.6 Å². The molecule has 0 amide bonds. The smallest absolute Gasteiger partial charge is 0.272 e. The second kappa shape index (κ2) is 5.85. The summed E-state index contributed by atoms with van der Waals surface area (Å²) in [6.45, 7) is 0.547. The number of hydrogen-bond acceptors (Lipinski definition) is 3. The molecule has 1 aromatic rings. The molecule has 2 atom stereocenters. The average Bonchev–Trinajstić information content (AvgIpc) is 2.78. The number of rotatable bonds is 3. The van der Waals surface area contributed by atoms with Crippen LogP contribution in [0.15, 0.2) is 23.4 Å². The number of nitrogens with one attached hydrogen (secondary N) is 1. The van der Waals surface area contributed by atoms with Gasteiger partial charge >= 0.3 is 0 Å². The molecule has 1 N–H and O–H groups in total. The molecule has 2 aliphatic rings. The van der Waals surface area contributed by atoms with E-state index in [0.717, 1.165) is 31.2 Å². The normalized spacial score (nSPS) is 26.5. The van der Waals surface area contributed by atoms with E-state index in [1.165, 1.54) is 0 Å². The third kappa shape index (κ3) is 3.07. The minimum absolute atomic E-state index is 0.248. The lowest BCUT2D eigenvalue weighted by Crippen LogP contribution is -2.38. The van der Waals surface area contributed by atoms with Crippen LogP contribution in [0.25, 0.3) is 0 Å². The van der Waals surface area contributed by atoms with Crippen molar-refractivity contribution in [3.05, 3.63) is 39.2 Å². The van der Waals surface area contributed by atoms with E-state index < -0.39 is 5.03 Å². The zero-order valence-corrected chi connectivity index (χ0v) is 12.2. The summed E-state index contributed by atoms with van der Waals surface area (Å²) in [6, 6.07) is 4.11. The molecule has 1 aromatic heterocycles. The van der Waals surface area contributed by atoms with E-state index in [1.54, 1.807) is 12.3 Å². The van der Waals surface area contributed by atoms with Gasteiger partial charge in [0.05, 0.1) is 6.04 Å². The predicted molar refractivity (Wildman–Crippen MR) is 78.4 cm³/mol. The number of hydrazone groups is 1. The fourth-order valence-corrected chi connectivity index (χ4v) is 3.22. The summed E-state index contributed by atoms with van der Waals surface area (Å²) >= 11 is 5.79. The van der Waals surface area contributed by atoms with Crippen LogP contribution in [0.2, 0.25) is 5.15 Å². The van der Waals surface area contributed by atoms with Crippen molar-refractivity contribution in [3.8, 4) is 0 Å². The molecule has 3 rings (SSSR count). The SMILES string of the molecule is O=[N+]([O-])/N=C1\N[C@H]2CCCC[C@@H]2N1Cc1ccc(Cl)nc1. The maximum Gasteiger partial charge on any atom is 0.272 e. The molecule has 2 heterocycles. The number of fused-ring (bicyclic) bond motifs is 1. The van der Waals surface area contributed by atoms with Crippen molar-refractivity contribution in [1.82, 2.24) is 15.2 Å². The van der Waals surface area contributed by atoms with Crippen molar-refractivity contribution in [3.63, 3.8) is 0 Å². The number of guanidine groups is 1. The summed E-state index contributed by atoms with van der Waals surface area (Å²) in [7, 11) is 0. The van der Waals surface area contributed by atoms with Gasteiger partial charge in [-0.2, -0.15) is 0 Å². The molecule has 21 heavy (non-hydrogen) atoms. The summed E-state index contributed by atoms with van der Waals surface area (Å²) in [4.78, 5) is 16.8. The monoisotopic (exact) mass is 309 g/mol. The van der Waals surface area contributed by atoms with Crippen LogP contribution >= 0.6 is 11.6 Å². The largest absolute Gasteiger partial charge is 0.346 e. The van der Waals surface area contributed by atoms with Crippen LogP contribution in [-0.4, -0.2) is 33.0 Å². The van der Waals surface area contributed by atoms with Crippen LogP contribution in [0.4, 0.5) is 0 Å². The maximum atomic E-state index is 10.7. The van der Waals surface area contributed by atoms with Crippen molar-refractivity contribution in [1.29, 1.82) is 0 Å². The zero-order chi connectivity index (χ0) is 14.8. The molecule has 1 saturated heterocycles. The van der Waals surface area contributed by atoms with Crippen LogP contribution in [0, 0.1) is 10.1 Å². The number of nitrogens with zero attached hydrogens (tertiary/aromatic N) is 4. The van der Waals surface area contributed by atoms with Crippen LogP contribution < -0.4 is 5.32 Å². The van der Waals surface area contributed by atoms with Gasteiger partial charge in [-0.3, -0.25) is 0 Å². The van der Waals surface area contributed by atoms with Crippen LogP contribution in [0.1, 0.15) is 31.2 Å². The van der Waals surface area contributed by atoms with Gasteiger partial charge in [0.25, 0.3) is 5.96 Å². The van der Waals surface area contributed by atoms with Gasteiger partial charge in [0.1, 0.15) is 10.3 Å². The quantitative estimate of drug-likeness (QED) is 0.524. The Morgan fingerprint density at radius 1 is 1.48 bits per heavy atom. The molecule has 1 aliphatic heterocycles. The highest BCUT2D eigenvalue weighted by atomic mass is 35.5. The van der Waals surface area contributed by atoms with Gasteiger partial charge in [-0.25, -0.2) is 15.1 Å². The second-order valence-electron chi connectivity index (χ2n) is 5.38. The molecule has 0 unspecified atom stereocenters. The summed E-state index contributed by atoms with van der Waals surface area (Å²) in [5.41, 5.74) is 0.962. The molecule has 0 radical (unpaired) electrons. The Hall–Kier alpha value is -1.89. The molecule has 0 bridgehead atoms. The molecule has 1 aliphatic carbocycles. The highest BCUT2D eigenvalue weighted by Gasteiger charge is 2.40. The number of pyridine rings is 1. The van der Waals surface area contributed by atoms with Crippen molar-refractivity contribution in [2.24, 2.45) is 5.10 Å². The number of halogens is 1. The van der Waals surface area contributed by atoms with Crippen LogP contribution in [-0.2, 0) is 6.54 Å². The topological polar surface area (TPSA) is 83.7 Å². The van der Waals surface area contributed by atoms with Gasteiger partial charge in [0.15, 0.2) is 5.03 Å². The van der Waals surface area contributed by atoms with Crippen molar-refractivity contribution < 1.29 is 5.03 Å². The van der Waals surface area contributed by atoms with E-state index in [-0.39, 0.29) is 12.1 Å². The third-order valence-electron chi connectivity index (χ3n) is 4.03. The van der Waals surface area contributed by atoms with Crippen molar-refractivity contribution in [2.75, 3.05) is 0 Å². The van der Waals surface area contributed by atoms with E-state index in [1.807, 2.05) is 11.0 Å². The maximum absolute atomic E-state index is 10.7. The average molecular weight is 310 g/mol. The minimum Gasteiger partial charge on any atom is -0.346 e. The first-order chi connectivity index (χ1) is 10.1. The van der Waals surface area contributed by atoms with Gasteiger partial charge in [-0.15, -0.1) is 0 Å². The summed E-state index contributed by atoms with van der Waals surface area (Å²) < 4.78 is 0. The van der Waals surface area contributed by atoms with Gasteiger partial charge in [0, 0.05) is 18.8 Å². The molecule has 1 saturated carbocycles. The molecule has 0 spiro atoms. The van der Waals surface area contributed by atoms with Crippen molar-refractivity contribution >= 4 is 17.6 Å².